The van der Waals surface area contributed by atoms with Crippen LogP contribution in [0.3, 0.4) is 0 Å². The molecule has 1 fully saturated rings. The van der Waals surface area contributed by atoms with Gasteiger partial charge in [0.2, 0.25) is 0 Å². The zero-order chi connectivity index (χ0) is 19.3. The number of imide groups is 1. The number of carbonyl (C=O) groups is 2. The molecule has 1 aliphatic rings. The highest BCUT2D eigenvalue weighted by Crippen LogP contribution is 2.23. The van der Waals surface area contributed by atoms with E-state index in [-0.39, 0.29) is 5.91 Å². The standard InChI is InChI=1S/C22H23N3O2/c1-17(15-19-11-7-4-8-12-19)16-23-25-20(26)22(2,24-21(25)27)14-13-18-9-5-3-6-10-18/h3-12,15-16H,13-14H2,1-2H3,(H,24,27)/b17-15+,23-16-. The van der Waals surface area contributed by atoms with Gasteiger partial charge in [0.1, 0.15) is 5.54 Å². The minimum absolute atomic E-state index is 0.327. The van der Waals surface area contributed by atoms with Crippen LogP contribution < -0.4 is 5.32 Å². The third-order valence-corrected chi connectivity index (χ3v) is 4.57. The molecule has 0 spiro atoms. The molecule has 1 saturated heterocycles. The van der Waals surface area contributed by atoms with Gasteiger partial charge in [0.15, 0.2) is 0 Å². The Balaban J connectivity index is 1.67. The lowest BCUT2D eigenvalue weighted by Gasteiger charge is -2.20. The predicted octanol–water partition coefficient (Wildman–Crippen LogP) is 4.02. The first-order valence-electron chi connectivity index (χ1n) is 8.96. The molecule has 0 saturated carbocycles. The van der Waals surface area contributed by atoms with Crippen LogP contribution in [-0.4, -0.2) is 28.7 Å². The normalized spacial score (nSPS) is 20.4. The molecule has 1 atom stereocenters. The number of nitrogens with one attached hydrogen (secondary N) is 1. The van der Waals surface area contributed by atoms with Crippen molar-refractivity contribution in [3.63, 3.8) is 0 Å². The summed E-state index contributed by atoms with van der Waals surface area (Å²) in [6, 6.07) is 19.2. The second-order valence-electron chi connectivity index (χ2n) is 6.91. The number of aryl methyl sites for hydroxylation is 1. The minimum atomic E-state index is -0.943. The molecule has 5 heteroatoms. The fourth-order valence-corrected chi connectivity index (χ4v) is 2.98. The van der Waals surface area contributed by atoms with Crippen molar-refractivity contribution >= 4 is 24.2 Å². The maximum atomic E-state index is 12.7. The molecule has 1 N–H and O–H groups in total. The van der Waals surface area contributed by atoms with Gasteiger partial charge in [0, 0.05) is 0 Å². The van der Waals surface area contributed by atoms with Crippen LogP contribution in [-0.2, 0) is 11.2 Å². The summed E-state index contributed by atoms with van der Waals surface area (Å²) in [5.74, 6) is -0.327. The summed E-state index contributed by atoms with van der Waals surface area (Å²) in [6.07, 6.45) is 4.70. The number of hydrogen-bond acceptors (Lipinski definition) is 3. The molecule has 27 heavy (non-hydrogen) atoms. The SMILES string of the molecule is CC(/C=N\N1C(=O)NC(C)(CCc2ccccc2)C1=O)=C\c1ccccc1. The first-order valence-corrected chi connectivity index (χ1v) is 8.96. The van der Waals surface area contributed by atoms with Gasteiger partial charge in [-0.15, -0.1) is 5.01 Å². The number of hydrogen-bond donors (Lipinski definition) is 1. The van der Waals surface area contributed by atoms with E-state index in [0.717, 1.165) is 21.7 Å². The lowest BCUT2D eigenvalue weighted by molar-refractivity contribution is -0.130. The van der Waals surface area contributed by atoms with E-state index in [2.05, 4.69) is 10.4 Å². The molecular weight excluding hydrogens is 338 g/mol. The summed E-state index contributed by atoms with van der Waals surface area (Å²) >= 11 is 0. The molecular formula is C22H23N3O2. The van der Waals surface area contributed by atoms with Gasteiger partial charge < -0.3 is 5.32 Å². The van der Waals surface area contributed by atoms with E-state index in [1.165, 1.54) is 6.21 Å². The number of carbonyl (C=O) groups excluding carboxylic acids is 2. The maximum absolute atomic E-state index is 12.7. The van der Waals surface area contributed by atoms with Crippen LogP contribution in [0.2, 0.25) is 0 Å². The second-order valence-corrected chi connectivity index (χ2v) is 6.91. The Hall–Kier alpha value is -3.21. The van der Waals surface area contributed by atoms with Crippen molar-refractivity contribution in [1.29, 1.82) is 0 Å². The summed E-state index contributed by atoms with van der Waals surface area (Å²) in [7, 11) is 0. The van der Waals surface area contributed by atoms with Crippen molar-refractivity contribution in [1.82, 2.24) is 10.3 Å². The van der Waals surface area contributed by atoms with Crippen molar-refractivity contribution < 1.29 is 9.59 Å². The Kier molecular flexibility index (Phi) is 5.50. The smallest absolute Gasteiger partial charge is 0.322 e. The van der Waals surface area contributed by atoms with Crippen molar-refractivity contribution in [3.8, 4) is 0 Å². The van der Waals surface area contributed by atoms with E-state index in [9.17, 15) is 9.59 Å². The molecule has 0 radical (unpaired) electrons. The summed E-state index contributed by atoms with van der Waals surface area (Å²) in [5, 5.41) is 7.81. The number of urea groups is 1. The molecule has 0 aromatic heterocycles. The third-order valence-electron chi connectivity index (χ3n) is 4.57. The Labute approximate surface area is 159 Å². The lowest BCUT2D eigenvalue weighted by atomic mass is 9.93. The van der Waals surface area contributed by atoms with Crippen LogP contribution in [0.5, 0.6) is 0 Å². The average molecular weight is 361 g/mol. The van der Waals surface area contributed by atoms with Gasteiger partial charge in [-0.25, -0.2) is 4.79 Å². The number of benzene rings is 2. The van der Waals surface area contributed by atoms with Gasteiger partial charge in [0.25, 0.3) is 5.91 Å². The first kappa shape index (κ1) is 18.6. The molecule has 5 nitrogen and oxygen atoms in total. The Morgan fingerprint density at radius 1 is 1.07 bits per heavy atom. The van der Waals surface area contributed by atoms with Crippen LogP contribution in [0.1, 0.15) is 31.4 Å². The van der Waals surface area contributed by atoms with Crippen LogP contribution in [0, 0.1) is 0 Å². The first-order chi connectivity index (χ1) is 13.0. The molecule has 138 valence electrons. The molecule has 1 heterocycles. The maximum Gasteiger partial charge on any atom is 0.346 e. The highest BCUT2D eigenvalue weighted by molar-refractivity contribution is 6.07. The van der Waals surface area contributed by atoms with Crippen molar-refractivity contribution in [2.45, 2.75) is 32.2 Å². The Bertz CT molecular complexity index is 875. The number of amides is 3. The van der Waals surface area contributed by atoms with Gasteiger partial charge in [-0.3, -0.25) is 4.79 Å². The van der Waals surface area contributed by atoms with Gasteiger partial charge in [-0.05, 0) is 43.4 Å². The van der Waals surface area contributed by atoms with Crippen LogP contribution >= 0.6 is 0 Å². The summed E-state index contributed by atoms with van der Waals surface area (Å²) in [5.41, 5.74) is 2.07. The molecule has 2 aromatic carbocycles. The molecule has 1 aliphatic heterocycles. The Morgan fingerprint density at radius 3 is 2.37 bits per heavy atom. The molecule has 1 unspecified atom stereocenters. The number of hydrazone groups is 1. The van der Waals surface area contributed by atoms with Crippen LogP contribution in [0.15, 0.2) is 71.3 Å². The molecule has 0 aliphatic carbocycles. The monoisotopic (exact) mass is 361 g/mol. The van der Waals surface area contributed by atoms with Crippen LogP contribution in [0.4, 0.5) is 4.79 Å². The van der Waals surface area contributed by atoms with E-state index >= 15 is 0 Å². The molecule has 2 aromatic rings. The molecule has 3 amide bonds. The number of nitrogens with zero attached hydrogens (tertiary/aromatic N) is 2. The number of rotatable bonds is 6. The van der Waals surface area contributed by atoms with Crippen LogP contribution in [0.25, 0.3) is 6.08 Å². The van der Waals surface area contributed by atoms with E-state index in [0.29, 0.717) is 12.8 Å². The van der Waals surface area contributed by atoms with Gasteiger partial charge in [0.05, 0.1) is 6.21 Å². The average Bonchev–Trinajstić information content (AvgIpc) is 2.89. The fourth-order valence-electron chi connectivity index (χ4n) is 2.98. The van der Waals surface area contributed by atoms with E-state index in [4.69, 9.17) is 0 Å². The fraction of sp³-hybridized carbons (Fsp3) is 0.227. The zero-order valence-electron chi connectivity index (χ0n) is 15.6. The largest absolute Gasteiger partial charge is 0.346 e. The minimum Gasteiger partial charge on any atom is -0.322 e. The van der Waals surface area contributed by atoms with Crippen molar-refractivity contribution in [2.75, 3.05) is 0 Å². The van der Waals surface area contributed by atoms with Crippen molar-refractivity contribution in [3.05, 3.63) is 77.4 Å². The summed E-state index contributed by atoms with van der Waals surface area (Å²) in [6.45, 7) is 3.63. The predicted molar refractivity (Wildman–Crippen MR) is 107 cm³/mol. The second kappa shape index (κ2) is 7.99. The molecule has 3 rings (SSSR count). The van der Waals surface area contributed by atoms with E-state index < -0.39 is 11.6 Å². The van der Waals surface area contributed by atoms with Gasteiger partial charge in [-0.2, -0.15) is 5.10 Å². The summed E-state index contributed by atoms with van der Waals surface area (Å²) < 4.78 is 0. The van der Waals surface area contributed by atoms with E-state index in [1.807, 2.05) is 73.7 Å². The molecule has 0 bridgehead atoms. The highest BCUT2D eigenvalue weighted by Gasteiger charge is 2.47. The highest BCUT2D eigenvalue weighted by atomic mass is 16.2. The zero-order valence-corrected chi connectivity index (χ0v) is 15.6. The lowest BCUT2D eigenvalue weighted by Crippen LogP contribution is -2.44. The van der Waals surface area contributed by atoms with Gasteiger partial charge in [-0.1, -0.05) is 66.7 Å². The Morgan fingerprint density at radius 2 is 1.70 bits per heavy atom. The van der Waals surface area contributed by atoms with E-state index in [1.54, 1.807) is 6.92 Å². The van der Waals surface area contributed by atoms with Gasteiger partial charge >= 0.3 is 6.03 Å². The van der Waals surface area contributed by atoms with Crippen molar-refractivity contribution in [2.24, 2.45) is 5.10 Å². The summed E-state index contributed by atoms with van der Waals surface area (Å²) in [4.78, 5) is 25.0. The topological polar surface area (TPSA) is 61.8 Å². The number of allylic oxidation sites excluding steroid dienone is 1. The third kappa shape index (κ3) is 4.50. The quantitative estimate of drug-likeness (QED) is 0.624.